The number of rotatable bonds is 17. The predicted molar refractivity (Wildman–Crippen MR) is 107 cm³/mol. The minimum absolute atomic E-state index is 0.115. The van der Waals surface area contributed by atoms with Crippen molar-refractivity contribution in [2.75, 3.05) is 0 Å². The van der Waals surface area contributed by atoms with E-state index in [0.717, 1.165) is 5.92 Å². The molecule has 0 amide bonds. The van der Waals surface area contributed by atoms with E-state index in [-0.39, 0.29) is 5.54 Å². The highest BCUT2D eigenvalue weighted by molar-refractivity contribution is 4.91. The molecule has 0 spiro atoms. The van der Waals surface area contributed by atoms with Gasteiger partial charge in [-0.15, -0.1) is 0 Å². The van der Waals surface area contributed by atoms with E-state index in [9.17, 15) is 0 Å². The molecule has 140 valence electrons. The van der Waals surface area contributed by atoms with Crippen LogP contribution < -0.4 is 5.73 Å². The first-order valence-electron chi connectivity index (χ1n) is 10.9. The number of hydrogen-bond acceptors (Lipinski definition) is 1. The van der Waals surface area contributed by atoms with Crippen LogP contribution in [0.15, 0.2) is 0 Å². The van der Waals surface area contributed by atoms with Gasteiger partial charge in [-0.1, -0.05) is 105 Å². The molecule has 0 aromatic carbocycles. The van der Waals surface area contributed by atoms with Gasteiger partial charge in [-0.2, -0.15) is 0 Å². The van der Waals surface area contributed by atoms with Crippen LogP contribution in [0, 0.1) is 5.92 Å². The Morgan fingerprint density at radius 1 is 0.565 bits per heavy atom. The van der Waals surface area contributed by atoms with Crippen molar-refractivity contribution >= 4 is 0 Å². The van der Waals surface area contributed by atoms with Crippen molar-refractivity contribution < 1.29 is 0 Å². The zero-order valence-electron chi connectivity index (χ0n) is 17.0. The van der Waals surface area contributed by atoms with E-state index < -0.39 is 0 Å². The van der Waals surface area contributed by atoms with Gasteiger partial charge in [0, 0.05) is 5.54 Å². The van der Waals surface area contributed by atoms with Gasteiger partial charge < -0.3 is 5.73 Å². The Morgan fingerprint density at radius 2 is 1.04 bits per heavy atom. The Morgan fingerprint density at radius 3 is 1.52 bits per heavy atom. The molecule has 0 aromatic heterocycles. The zero-order chi connectivity index (χ0) is 17.4. The summed E-state index contributed by atoms with van der Waals surface area (Å²) in [6, 6.07) is 0. The highest BCUT2D eigenvalue weighted by Crippen LogP contribution is 2.34. The largest absolute Gasteiger partial charge is 0.325 e. The van der Waals surface area contributed by atoms with Crippen LogP contribution in [0.3, 0.4) is 0 Å². The van der Waals surface area contributed by atoms with E-state index in [1.54, 1.807) is 0 Å². The molecule has 1 unspecified atom stereocenters. The van der Waals surface area contributed by atoms with Crippen LogP contribution >= 0.6 is 0 Å². The standard InChI is InChI=1S/C22H47N/c1-5-9-12-13-14-15-16-18-21(17-8-4)22(23,19-10-6-2)20-11-7-3/h21H,5-20,23H2,1-4H3. The fourth-order valence-corrected chi connectivity index (χ4v) is 3.96. The monoisotopic (exact) mass is 325 g/mol. The predicted octanol–water partition coefficient (Wildman–Crippen LogP) is 7.62. The highest BCUT2D eigenvalue weighted by atomic mass is 14.8. The smallest absolute Gasteiger partial charge is 0.0182 e. The molecule has 0 rings (SSSR count). The van der Waals surface area contributed by atoms with E-state index in [1.165, 1.54) is 103 Å². The van der Waals surface area contributed by atoms with E-state index in [0.29, 0.717) is 0 Å². The van der Waals surface area contributed by atoms with Crippen molar-refractivity contribution in [2.24, 2.45) is 11.7 Å². The normalized spacial score (nSPS) is 13.4. The maximum absolute atomic E-state index is 6.98. The minimum Gasteiger partial charge on any atom is -0.325 e. The van der Waals surface area contributed by atoms with Crippen molar-refractivity contribution in [3.05, 3.63) is 0 Å². The summed E-state index contributed by atoms with van der Waals surface area (Å²) in [6.45, 7) is 9.22. The second-order valence-corrected chi connectivity index (χ2v) is 7.84. The van der Waals surface area contributed by atoms with Gasteiger partial charge in [0.2, 0.25) is 0 Å². The molecule has 1 heteroatoms. The van der Waals surface area contributed by atoms with Gasteiger partial charge in [-0.25, -0.2) is 0 Å². The molecular weight excluding hydrogens is 278 g/mol. The lowest BCUT2D eigenvalue weighted by molar-refractivity contribution is 0.195. The van der Waals surface area contributed by atoms with E-state index in [2.05, 4.69) is 27.7 Å². The van der Waals surface area contributed by atoms with Crippen molar-refractivity contribution in [1.29, 1.82) is 0 Å². The van der Waals surface area contributed by atoms with Gasteiger partial charge in [0.1, 0.15) is 0 Å². The van der Waals surface area contributed by atoms with Crippen LogP contribution in [-0.2, 0) is 0 Å². The lowest BCUT2D eigenvalue weighted by atomic mass is 9.72. The average molecular weight is 326 g/mol. The summed E-state index contributed by atoms with van der Waals surface area (Å²) < 4.78 is 0. The van der Waals surface area contributed by atoms with Gasteiger partial charge in [0.15, 0.2) is 0 Å². The van der Waals surface area contributed by atoms with Crippen LogP contribution in [0.4, 0.5) is 0 Å². The van der Waals surface area contributed by atoms with Crippen LogP contribution in [0.5, 0.6) is 0 Å². The van der Waals surface area contributed by atoms with Gasteiger partial charge in [0.05, 0.1) is 0 Å². The first-order chi connectivity index (χ1) is 11.1. The van der Waals surface area contributed by atoms with Crippen LogP contribution in [0.2, 0.25) is 0 Å². The Balaban J connectivity index is 4.32. The fraction of sp³-hybridized carbons (Fsp3) is 1.00. The average Bonchev–Trinajstić information content (AvgIpc) is 2.56. The summed E-state index contributed by atoms with van der Waals surface area (Å²) in [5.74, 6) is 0.751. The molecule has 0 aromatic rings. The van der Waals surface area contributed by atoms with E-state index in [4.69, 9.17) is 5.73 Å². The molecule has 0 aliphatic carbocycles. The van der Waals surface area contributed by atoms with Gasteiger partial charge >= 0.3 is 0 Å². The van der Waals surface area contributed by atoms with Gasteiger partial charge in [0.25, 0.3) is 0 Å². The first kappa shape index (κ1) is 23.0. The SMILES string of the molecule is CCCCCCCCCC(CCC)C(N)(CCCC)CCCC. The molecular formula is C22H47N. The molecule has 0 radical (unpaired) electrons. The molecule has 0 saturated carbocycles. The van der Waals surface area contributed by atoms with Gasteiger partial charge in [-0.05, 0) is 31.6 Å². The quantitative estimate of drug-likeness (QED) is 0.273. The van der Waals surface area contributed by atoms with Crippen molar-refractivity contribution in [3.63, 3.8) is 0 Å². The third-order valence-electron chi connectivity index (χ3n) is 5.60. The number of unbranched alkanes of at least 4 members (excludes halogenated alkanes) is 8. The lowest BCUT2D eigenvalue weighted by Crippen LogP contribution is -2.47. The molecule has 0 saturated heterocycles. The topological polar surface area (TPSA) is 26.0 Å². The van der Waals surface area contributed by atoms with E-state index >= 15 is 0 Å². The summed E-state index contributed by atoms with van der Waals surface area (Å²) in [6.07, 6.45) is 21.5. The molecule has 0 heterocycles. The Labute approximate surface area is 148 Å². The number of hydrogen-bond donors (Lipinski definition) is 1. The third-order valence-corrected chi connectivity index (χ3v) is 5.60. The maximum Gasteiger partial charge on any atom is 0.0182 e. The fourth-order valence-electron chi connectivity index (χ4n) is 3.96. The van der Waals surface area contributed by atoms with Crippen molar-refractivity contribution in [1.82, 2.24) is 0 Å². The Hall–Kier alpha value is -0.0400. The van der Waals surface area contributed by atoms with Crippen molar-refractivity contribution in [2.45, 2.75) is 136 Å². The molecule has 0 bridgehead atoms. The molecule has 2 N–H and O–H groups in total. The minimum atomic E-state index is 0.115. The summed E-state index contributed by atoms with van der Waals surface area (Å²) >= 11 is 0. The molecule has 0 fully saturated rings. The second-order valence-electron chi connectivity index (χ2n) is 7.84. The maximum atomic E-state index is 6.98. The van der Waals surface area contributed by atoms with Crippen LogP contribution in [-0.4, -0.2) is 5.54 Å². The highest BCUT2D eigenvalue weighted by Gasteiger charge is 2.32. The Kier molecular flexibility index (Phi) is 15.5. The third kappa shape index (κ3) is 11.2. The molecule has 0 aliphatic heterocycles. The summed E-state index contributed by atoms with van der Waals surface area (Å²) in [5.41, 5.74) is 7.10. The Bertz CT molecular complexity index is 228. The van der Waals surface area contributed by atoms with Gasteiger partial charge in [-0.3, -0.25) is 0 Å². The molecule has 23 heavy (non-hydrogen) atoms. The zero-order valence-corrected chi connectivity index (χ0v) is 17.0. The summed E-state index contributed by atoms with van der Waals surface area (Å²) in [7, 11) is 0. The van der Waals surface area contributed by atoms with Crippen LogP contribution in [0.25, 0.3) is 0 Å². The van der Waals surface area contributed by atoms with E-state index in [1.807, 2.05) is 0 Å². The van der Waals surface area contributed by atoms with Crippen LogP contribution in [0.1, 0.15) is 130 Å². The lowest BCUT2D eigenvalue weighted by Gasteiger charge is -2.38. The summed E-state index contributed by atoms with van der Waals surface area (Å²) in [4.78, 5) is 0. The molecule has 1 nitrogen and oxygen atoms in total. The first-order valence-corrected chi connectivity index (χ1v) is 10.9. The summed E-state index contributed by atoms with van der Waals surface area (Å²) in [5, 5.41) is 0. The molecule has 1 atom stereocenters. The second kappa shape index (κ2) is 15.5. The van der Waals surface area contributed by atoms with Crippen molar-refractivity contribution in [3.8, 4) is 0 Å². The number of nitrogens with two attached hydrogens (primary N) is 1. The molecule has 0 aliphatic rings.